The van der Waals surface area contributed by atoms with Crippen molar-refractivity contribution in [1.29, 1.82) is 0 Å². The number of H-pyrrole nitrogens is 1. The van der Waals surface area contributed by atoms with Gasteiger partial charge in [-0.1, -0.05) is 17.3 Å². The molecule has 34 heavy (non-hydrogen) atoms. The number of aliphatic hydroxyl groups excluding tert-OH is 1. The predicted molar refractivity (Wildman–Crippen MR) is 123 cm³/mol. The summed E-state index contributed by atoms with van der Waals surface area (Å²) < 4.78 is 10.4. The maximum Gasteiger partial charge on any atom is 0.301 e. The van der Waals surface area contributed by atoms with E-state index in [1.807, 2.05) is 0 Å². The number of carbonyl (C=O) groups excluding carboxylic acids is 3. The van der Waals surface area contributed by atoms with Crippen LogP contribution in [0.1, 0.15) is 44.7 Å². The molecular weight excluding hydrogens is 440 g/mol. The lowest BCUT2D eigenvalue weighted by Crippen LogP contribution is -2.29. The summed E-state index contributed by atoms with van der Waals surface area (Å²) in [5, 5.41) is 17.9. The average molecular weight is 464 g/mol. The predicted octanol–water partition coefficient (Wildman–Crippen LogP) is 2.92. The molecule has 4 rings (SSSR count). The van der Waals surface area contributed by atoms with Crippen LogP contribution in [0.2, 0.25) is 0 Å². The summed E-state index contributed by atoms with van der Waals surface area (Å²) in [6, 6.07) is 7.36. The number of carbonyl (C=O) groups is 3. The molecule has 1 unspecified atom stereocenters. The van der Waals surface area contributed by atoms with E-state index in [0.29, 0.717) is 28.3 Å². The molecule has 3 heterocycles. The van der Waals surface area contributed by atoms with Crippen molar-refractivity contribution in [2.24, 2.45) is 0 Å². The number of nitrogens with zero attached hydrogens (tertiary/aromatic N) is 2. The van der Waals surface area contributed by atoms with Crippen LogP contribution in [0.3, 0.4) is 0 Å². The molecule has 2 aromatic heterocycles. The standard InChI is InChI=1S/C24H24N4O6/c1-11-10-16(27-34-11)28-20(14-6-8-15(33-5)9-7-14)18(22(30)24(28)32)21(29)17-12(2)19(23(31)25-4)26-13(17)3/h6-10,20,26,29H,1-5H3,(H,25,31)/b21-18+. The molecule has 0 saturated carbocycles. The monoisotopic (exact) mass is 464 g/mol. The van der Waals surface area contributed by atoms with Crippen LogP contribution >= 0.6 is 0 Å². The molecule has 3 N–H and O–H groups in total. The number of hydrogen-bond donors (Lipinski definition) is 3. The third-order valence-corrected chi connectivity index (χ3v) is 5.87. The number of hydrogen-bond acceptors (Lipinski definition) is 7. The van der Waals surface area contributed by atoms with Crippen molar-refractivity contribution in [3.8, 4) is 5.75 Å². The summed E-state index contributed by atoms with van der Waals surface area (Å²) in [6.45, 7) is 5.00. The van der Waals surface area contributed by atoms with E-state index < -0.39 is 17.7 Å². The third kappa shape index (κ3) is 3.53. The van der Waals surface area contributed by atoms with E-state index in [1.54, 1.807) is 45.0 Å². The van der Waals surface area contributed by atoms with Crippen LogP contribution in [0, 0.1) is 20.8 Å². The minimum atomic E-state index is -0.979. The quantitative estimate of drug-likeness (QED) is 0.300. The molecule has 176 valence electrons. The van der Waals surface area contributed by atoms with Gasteiger partial charge in [-0.15, -0.1) is 0 Å². The molecule has 1 atom stereocenters. The highest BCUT2D eigenvalue weighted by molar-refractivity contribution is 6.51. The number of aromatic nitrogens is 2. The molecule has 3 aromatic rings. The van der Waals surface area contributed by atoms with E-state index in [2.05, 4.69) is 15.5 Å². The van der Waals surface area contributed by atoms with E-state index in [9.17, 15) is 19.5 Å². The molecule has 2 amide bonds. The highest BCUT2D eigenvalue weighted by Gasteiger charge is 2.48. The largest absolute Gasteiger partial charge is 0.507 e. The first-order valence-corrected chi connectivity index (χ1v) is 10.5. The summed E-state index contributed by atoms with van der Waals surface area (Å²) >= 11 is 0. The Hall–Kier alpha value is -4.34. The van der Waals surface area contributed by atoms with Crippen LogP contribution < -0.4 is 15.0 Å². The van der Waals surface area contributed by atoms with Crippen LogP contribution in [0.5, 0.6) is 5.75 Å². The summed E-state index contributed by atoms with van der Waals surface area (Å²) in [6.07, 6.45) is 0. The van der Waals surface area contributed by atoms with Crippen molar-refractivity contribution in [1.82, 2.24) is 15.5 Å². The highest BCUT2D eigenvalue weighted by atomic mass is 16.5. The van der Waals surface area contributed by atoms with Crippen molar-refractivity contribution in [3.63, 3.8) is 0 Å². The smallest absolute Gasteiger partial charge is 0.301 e. The van der Waals surface area contributed by atoms with Crippen molar-refractivity contribution in [3.05, 3.63) is 69.7 Å². The van der Waals surface area contributed by atoms with Crippen LogP contribution in [-0.2, 0) is 9.59 Å². The van der Waals surface area contributed by atoms with Gasteiger partial charge in [-0.05, 0) is 44.0 Å². The van der Waals surface area contributed by atoms with Crippen molar-refractivity contribution in [2.75, 3.05) is 19.1 Å². The number of amides is 2. The lowest BCUT2D eigenvalue weighted by Gasteiger charge is -2.23. The summed E-state index contributed by atoms with van der Waals surface area (Å²) in [5.41, 5.74) is 1.90. The number of Topliss-reactive ketones (excluding diaryl/α,β-unsaturated/α-hetero) is 1. The van der Waals surface area contributed by atoms with E-state index >= 15 is 0 Å². The zero-order valence-electron chi connectivity index (χ0n) is 19.3. The van der Waals surface area contributed by atoms with Gasteiger partial charge in [0.05, 0.1) is 18.7 Å². The van der Waals surface area contributed by atoms with E-state index in [4.69, 9.17) is 9.26 Å². The second-order valence-electron chi connectivity index (χ2n) is 7.94. The Morgan fingerprint density at radius 1 is 1.21 bits per heavy atom. The second kappa shape index (κ2) is 8.54. The Bertz CT molecular complexity index is 1330. The lowest BCUT2D eigenvalue weighted by molar-refractivity contribution is -0.132. The molecule has 1 fully saturated rings. The number of nitrogens with one attached hydrogen (secondary N) is 2. The SMILES string of the molecule is CNC(=O)c1[nH]c(C)c(/C(O)=C2\C(=O)C(=O)N(c3cc(C)on3)C2c2ccc(OC)cc2)c1C. The van der Waals surface area contributed by atoms with Gasteiger partial charge >= 0.3 is 5.91 Å². The maximum atomic E-state index is 13.3. The Kier molecular flexibility index (Phi) is 5.74. The fourth-order valence-corrected chi connectivity index (χ4v) is 4.23. The highest BCUT2D eigenvalue weighted by Crippen LogP contribution is 2.43. The molecule has 0 radical (unpaired) electrons. The van der Waals surface area contributed by atoms with E-state index in [0.717, 1.165) is 0 Å². The van der Waals surface area contributed by atoms with Gasteiger partial charge in [0.25, 0.3) is 11.7 Å². The summed E-state index contributed by atoms with van der Waals surface area (Å²) in [5.74, 6) is -1.29. The van der Waals surface area contributed by atoms with Gasteiger partial charge in [0.2, 0.25) is 0 Å². The Labute approximate surface area is 195 Å². The maximum absolute atomic E-state index is 13.3. The first kappa shape index (κ1) is 22.8. The number of aromatic amines is 1. The van der Waals surface area contributed by atoms with Gasteiger partial charge in [-0.2, -0.15) is 0 Å². The van der Waals surface area contributed by atoms with Crippen molar-refractivity contribution < 1.29 is 28.8 Å². The van der Waals surface area contributed by atoms with Gasteiger partial charge < -0.3 is 24.7 Å². The van der Waals surface area contributed by atoms with E-state index in [1.165, 1.54) is 25.1 Å². The minimum Gasteiger partial charge on any atom is -0.507 e. The van der Waals surface area contributed by atoms with Gasteiger partial charge in [0, 0.05) is 24.4 Å². The zero-order chi connectivity index (χ0) is 24.7. The first-order valence-electron chi connectivity index (χ1n) is 10.5. The molecule has 0 spiro atoms. The minimum absolute atomic E-state index is 0.121. The van der Waals surface area contributed by atoms with E-state index in [-0.39, 0.29) is 34.3 Å². The fraction of sp³-hybridized carbons (Fsp3) is 0.250. The number of ketones is 1. The summed E-state index contributed by atoms with van der Waals surface area (Å²) in [7, 11) is 3.02. The topological polar surface area (TPSA) is 138 Å². The van der Waals surface area contributed by atoms with Crippen LogP contribution in [0.25, 0.3) is 5.76 Å². The lowest BCUT2D eigenvalue weighted by atomic mass is 9.94. The average Bonchev–Trinajstić information content (AvgIpc) is 3.46. The van der Waals surface area contributed by atoms with Gasteiger partial charge in [0.1, 0.15) is 23.0 Å². The number of aryl methyl sites for hydroxylation is 2. The zero-order valence-corrected chi connectivity index (χ0v) is 19.3. The molecular formula is C24H24N4O6. The molecule has 0 aliphatic carbocycles. The fourth-order valence-electron chi connectivity index (χ4n) is 4.23. The first-order chi connectivity index (χ1) is 16.2. The molecule has 0 bridgehead atoms. The van der Waals surface area contributed by atoms with Crippen molar-refractivity contribution in [2.45, 2.75) is 26.8 Å². The second-order valence-corrected chi connectivity index (χ2v) is 7.94. The normalized spacial score (nSPS) is 17.3. The number of methoxy groups -OCH3 is 1. The molecule has 10 nitrogen and oxygen atoms in total. The molecule has 1 aliphatic rings. The van der Waals surface area contributed by atoms with Gasteiger partial charge in [0.15, 0.2) is 5.82 Å². The number of anilines is 1. The third-order valence-electron chi connectivity index (χ3n) is 5.87. The molecule has 1 saturated heterocycles. The molecule has 10 heteroatoms. The van der Waals surface area contributed by atoms with Crippen LogP contribution in [0.4, 0.5) is 5.82 Å². The summed E-state index contributed by atoms with van der Waals surface area (Å²) in [4.78, 5) is 42.8. The number of ether oxygens (including phenoxy) is 1. The Morgan fingerprint density at radius 2 is 1.88 bits per heavy atom. The van der Waals surface area contributed by atoms with Gasteiger partial charge in [-0.25, -0.2) is 0 Å². The van der Waals surface area contributed by atoms with Crippen molar-refractivity contribution >= 4 is 29.2 Å². The molecule has 1 aliphatic heterocycles. The molecule has 1 aromatic carbocycles. The number of rotatable bonds is 5. The van der Waals surface area contributed by atoms with Crippen LogP contribution in [0.15, 0.2) is 40.4 Å². The number of benzene rings is 1. The van der Waals surface area contributed by atoms with Crippen LogP contribution in [-0.4, -0.2) is 47.0 Å². The Morgan fingerprint density at radius 3 is 2.44 bits per heavy atom. The number of aliphatic hydroxyl groups is 1. The Balaban J connectivity index is 1.96. The van der Waals surface area contributed by atoms with Gasteiger partial charge in [-0.3, -0.25) is 19.3 Å².